The maximum atomic E-state index is 8.76. The molecule has 102 valence electrons. The minimum atomic E-state index is 0.365. The van der Waals surface area contributed by atoms with Gasteiger partial charge in [0.15, 0.2) is 0 Å². The van der Waals surface area contributed by atoms with Crippen LogP contribution in [0.1, 0.15) is 23.6 Å². The minimum absolute atomic E-state index is 0.365. The second-order valence-electron chi connectivity index (χ2n) is 4.92. The molecule has 0 aliphatic carbocycles. The number of benzene rings is 2. The second kappa shape index (κ2) is 7.09. The third-order valence-electron chi connectivity index (χ3n) is 3.17. The molecule has 0 heterocycles. The number of nitrogens with one attached hydrogen (secondary N) is 1. The minimum Gasteiger partial charge on any atom is -0.310 e. The summed E-state index contributed by atoms with van der Waals surface area (Å²) in [5, 5.41) is 13.0. The average molecular weight is 285 g/mol. The van der Waals surface area contributed by atoms with Crippen molar-refractivity contribution >= 4 is 11.6 Å². The molecule has 2 rings (SSSR count). The van der Waals surface area contributed by atoms with E-state index in [4.69, 9.17) is 16.9 Å². The van der Waals surface area contributed by atoms with Crippen LogP contribution in [0.2, 0.25) is 5.02 Å². The van der Waals surface area contributed by atoms with E-state index < -0.39 is 0 Å². The van der Waals surface area contributed by atoms with E-state index in [-0.39, 0.29) is 0 Å². The molecule has 3 heteroatoms. The van der Waals surface area contributed by atoms with Gasteiger partial charge in [0.1, 0.15) is 0 Å². The van der Waals surface area contributed by atoms with Gasteiger partial charge in [0.25, 0.3) is 0 Å². The van der Waals surface area contributed by atoms with Gasteiger partial charge >= 0.3 is 0 Å². The first kappa shape index (κ1) is 14.6. The fourth-order valence-corrected chi connectivity index (χ4v) is 2.29. The topological polar surface area (TPSA) is 35.8 Å². The van der Waals surface area contributed by atoms with Gasteiger partial charge in [-0.2, -0.15) is 5.26 Å². The lowest BCUT2D eigenvalue weighted by molar-refractivity contribution is 0.545. The summed E-state index contributed by atoms with van der Waals surface area (Å²) in [5.74, 6) is 0. The maximum Gasteiger partial charge on any atom is 0.0991 e. The summed E-state index contributed by atoms with van der Waals surface area (Å²) in [5.41, 5.74) is 3.11. The van der Waals surface area contributed by atoms with Crippen LogP contribution < -0.4 is 5.32 Å². The Hall–Kier alpha value is -1.82. The molecule has 0 fully saturated rings. The first-order chi connectivity index (χ1) is 9.67. The molecule has 2 nitrogen and oxygen atoms in total. The molecule has 1 atom stereocenters. The van der Waals surface area contributed by atoms with Gasteiger partial charge in [-0.3, -0.25) is 0 Å². The zero-order chi connectivity index (χ0) is 14.4. The molecule has 0 aromatic heterocycles. The highest BCUT2D eigenvalue weighted by atomic mass is 35.5. The van der Waals surface area contributed by atoms with Crippen molar-refractivity contribution in [1.29, 1.82) is 5.26 Å². The third kappa shape index (κ3) is 4.38. The summed E-state index contributed by atoms with van der Waals surface area (Å²) >= 11 is 5.98. The summed E-state index contributed by atoms with van der Waals surface area (Å²) in [6, 6.07) is 18.1. The number of hydrogen-bond donors (Lipinski definition) is 1. The highest BCUT2D eigenvalue weighted by Gasteiger charge is 2.04. The first-order valence-electron chi connectivity index (χ1n) is 6.64. The van der Waals surface area contributed by atoms with Crippen molar-refractivity contribution in [2.75, 3.05) is 0 Å². The Morgan fingerprint density at radius 2 is 1.90 bits per heavy atom. The molecule has 2 aromatic rings. The fraction of sp³-hybridized carbons (Fsp3) is 0.235. The zero-order valence-corrected chi connectivity index (χ0v) is 12.2. The zero-order valence-electron chi connectivity index (χ0n) is 11.4. The largest absolute Gasteiger partial charge is 0.310 e. The Morgan fingerprint density at radius 3 is 2.55 bits per heavy atom. The molecule has 0 saturated carbocycles. The van der Waals surface area contributed by atoms with Gasteiger partial charge in [0.2, 0.25) is 0 Å². The van der Waals surface area contributed by atoms with Crippen molar-refractivity contribution in [1.82, 2.24) is 5.32 Å². The number of nitriles is 1. The summed E-state index contributed by atoms with van der Waals surface area (Å²) < 4.78 is 0. The molecule has 1 N–H and O–H groups in total. The monoisotopic (exact) mass is 284 g/mol. The van der Waals surface area contributed by atoms with Gasteiger partial charge in [-0.15, -0.1) is 0 Å². The van der Waals surface area contributed by atoms with Gasteiger partial charge in [-0.25, -0.2) is 0 Å². The summed E-state index contributed by atoms with van der Waals surface area (Å²) in [7, 11) is 0. The number of halogens is 1. The molecule has 0 amide bonds. The van der Waals surface area contributed by atoms with E-state index in [1.165, 1.54) is 11.1 Å². The van der Waals surface area contributed by atoms with Crippen molar-refractivity contribution in [3.05, 3.63) is 70.2 Å². The van der Waals surface area contributed by atoms with Crippen LogP contribution >= 0.6 is 11.6 Å². The van der Waals surface area contributed by atoms with Crippen LogP contribution in [0.15, 0.2) is 48.5 Å². The standard InChI is InChI=1S/C17H17ClN2/c1-13(9-16-3-2-4-17(18)10-16)20-12-15-7-5-14(11-19)6-8-15/h2-8,10,13,20H,9,12H2,1H3. The summed E-state index contributed by atoms with van der Waals surface area (Å²) in [6.07, 6.45) is 0.941. The van der Waals surface area contributed by atoms with E-state index >= 15 is 0 Å². The number of rotatable bonds is 5. The molecule has 0 bridgehead atoms. The van der Waals surface area contributed by atoms with Gasteiger partial charge < -0.3 is 5.32 Å². The molecule has 1 unspecified atom stereocenters. The number of nitrogens with zero attached hydrogens (tertiary/aromatic N) is 1. The Bertz CT molecular complexity index is 599. The lowest BCUT2D eigenvalue weighted by atomic mass is 10.1. The van der Waals surface area contributed by atoms with Crippen molar-refractivity contribution in [3.8, 4) is 6.07 Å². The molecule has 2 aromatic carbocycles. The Labute approximate surface area is 125 Å². The SMILES string of the molecule is CC(Cc1cccc(Cl)c1)NCc1ccc(C#N)cc1. The van der Waals surface area contributed by atoms with E-state index in [1.54, 1.807) is 0 Å². The molecule has 0 aliphatic rings. The van der Waals surface area contributed by atoms with Crippen LogP contribution in [0.4, 0.5) is 0 Å². The first-order valence-corrected chi connectivity index (χ1v) is 7.02. The smallest absolute Gasteiger partial charge is 0.0991 e. The van der Waals surface area contributed by atoms with Crippen molar-refractivity contribution in [2.45, 2.75) is 25.9 Å². The molecule has 0 saturated heterocycles. The van der Waals surface area contributed by atoms with E-state index in [1.807, 2.05) is 42.5 Å². The molecule has 0 spiro atoms. The predicted molar refractivity (Wildman–Crippen MR) is 82.6 cm³/mol. The molecule has 0 aliphatic heterocycles. The van der Waals surface area contributed by atoms with Gasteiger partial charge in [-0.1, -0.05) is 35.9 Å². The molecular weight excluding hydrogens is 268 g/mol. The van der Waals surface area contributed by atoms with Crippen LogP contribution in [-0.2, 0) is 13.0 Å². The maximum absolute atomic E-state index is 8.76. The van der Waals surface area contributed by atoms with Crippen LogP contribution in [-0.4, -0.2) is 6.04 Å². The summed E-state index contributed by atoms with van der Waals surface area (Å²) in [6.45, 7) is 2.96. The van der Waals surface area contributed by atoms with Crippen molar-refractivity contribution in [2.24, 2.45) is 0 Å². The van der Waals surface area contributed by atoms with Crippen molar-refractivity contribution in [3.63, 3.8) is 0 Å². The van der Waals surface area contributed by atoms with Crippen LogP contribution in [0.3, 0.4) is 0 Å². The third-order valence-corrected chi connectivity index (χ3v) is 3.40. The fourth-order valence-electron chi connectivity index (χ4n) is 2.08. The van der Waals surface area contributed by atoms with E-state index in [9.17, 15) is 0 Å². The second-order valence-corrected chi connectivity index (χ2v) is 5.36. The van der Waals surface area contributed by atoms with Gasteiger partial charge in [0, 0.05) is 17.6 Å². The van der Waals surface area contributed by atoms with E-state index in [2.05, 4.69) is 24.4 Å². The Morgan fingerprint density at radius 1 is 1.15 bits per heavy atom. The van der Waals surface area contributed by atoms with E-state index in [0.717, 1.165) is 18.0 Å². The van der Waals surface area contributed by atoms with Gasteiger partial charge in [0.05, 0.1) is 11.6 Å². The van der Waals surface area contributed by atoms with Crippen LogP contribution in [0.25, 0.3) is 0 Å². The Balaban J connectivity index is 1.85. The van der Waals surface area contributed by atoms with Gasteiger partial charge in [-0.05, 0) is 48.7 Å². The number of hydrogen-bond acceptors (Lipinski definition) is 2. The Kier molecular flexibility index (Phi) is 5.17. The molecular formula is C17H17ClN2. The predicted octanol–water partition coefficient (Wildman–Crippen LogP) is 3.93. The van der Waals surface area contributed by atoms with E-state index in [0.29, 0.717) is 11.6 Å². The summed E-state index contributed by atoms with van der Waals surface area (Å²) in [4.78, 5) is 0. The average Bonchev–Trinajstić information content (AvgIpc) is 2.46. The lowest BCUT2D eigenvalue weighted by Gasteiger charge is -2.14. The van der Waals surface area contributed by atoms with Crippen LogP contribution in [0.5, 0.6) is 0 Å². The van der Waals surface area contributed by atoms with Crippen molar-refractivity contribution < 1.29 is 0 Å². The highest BCUT2D eigenvalue weighted by Crippen LogP contribution is 2.12. The normalized spacial score (nSPS) is 11.8. The molecule has 20 heavy (non-hydrogen) atoms. The lowest BCUT2D eigenvalue weighted by Crippen LogP contribution is -2.27. The quantitative estimate of drug-likeness (QED) is 0.903. The molecule has 0 radical (unpaired) electrons. The highest BCUT2D eigenvalue weighted by molar-refractivity contribution is 6.30. The van der Waals surface area contributed by atoms with Crippen LogP contribution in [0, 0.1) is 11.3 Å².